The number of H-pyrrole nitrogens is 1. The van der Waals surface area contributed by atoms with E-state index in [0.29, 0.717) is 0 Å². The fourth-order valence-electron chi connectivity index (χ4n) is 1.65. The second-order valence-corrected chi connectivity index (χ2v) is 3.88. The highest BCUT2D eigenvalue weighted by Crippen LogP contribution is 2.20. The molecule has 2 rings (SSSR count). The fourth-order valence-corrected chi connectivity index (χ4v) is 1.65. The summed E-state index contributed by atoms with van der Waals surface area (Å²) in [6, 6.07) is 6.14. The van der Waals surface area contributed by atoms with Gasteiger partial charge < -0.3 is 10.1 Å². The summed E-state index contributed by atoms with van der Waals surface area (Å²) in [6.07, 6.45) is 0.932. The van der Waals surface area contributed by atoms with Gasteiger partial charge in [0.1, 0.15) is 6.20 Å². The zero-order valence-electron chi connectivity index (χ0n) is 10.8. The van der Waals surface area contributed by atoms with Crippen LogP contribution in [0.5, 0.6) is 0 Å². The van der Waals surface area contributed by atoms with Crippen molar-refractivity contribution in [1.29, 1.82) is 0 Å². The van der Waals surface area contributed by atoms with Crippen molar-refractivity contribution in [2.24, 2.45) is 0 Å². The molecule has 0 saturated carbocycles. The Kier molecular flexibility index (Phi) is 3.93. The van der Waals surface area contributed by atoms with E-state index in [4.69, 9.17) is 0 Å². The number of carbonyl (C=O) groups is 2. The molecule has 1 amide bonds. The number of anilines is 1. The van der Waals surface area contributed by atoms with Crippen LogP contribution >= 0.6 is 0 Å². The van der Waals surface area contributed by atoms with Gasteiger partial charge in [-0.15, -0.1) is 0 Å². The van der Waals surface area contributed by atoms with Gasteiger partial charge in [0.25, 0.3) is 5.91 Å². The SMILES string of the molecule is COC(=O)c1ccccc1NC(=O)c1[nH]ncc1[N+](=O)[O-]. The van der Waals surface area contributed by atoms with E-state index >= 15 is 0 Å². The lowest BCUT2D eigenvalue weighted by molar-refractivity contribution is -0.385. The minimum atomic E-state index is -0.782. The Labute approximate surface area is 118 Å². The second-order valence-electron chi connectivity index (χ2n) is 3.88. The minimum Gasteiger partial charge on any atom is -0.465 e. The number of carbonyl (C=O) groups excluding carboxylic acids is 2. The molecule has 9 heteroatoms. The van der Waals surface area contributed by atoms with Crippen LogP contribution in [-0.2, 0) is 4.74 Å². The van der Waals surface area contributed by atoms with Crippen LogP contribution in [0.25, 0.3) is 0 Å². The van der Waals surface area contributed by atoms with Crippen LogP contribution in [0.2, 0.25) is 0 Å². The van der Waals surface area contributed by atoms with Crippen LogP contribution in [0.3, 0.4) is 0 Å². The predicted octanol–water partition coefficient (Wildman–Crippen LogP) is 1.36. The number of para-hydroxylation sites is 1. The van der Waals surface area contributed by atoms with Gasteiger partial charge in [0.15, 0.2) is 0 Å². The van der Waals surface area contributed by atoms with Crippen molar-refractivity contribution in [2.45, 2.75) is 0 Å². The average Bonchev–Trinajstić information content (AvgIpc) is 2.96. The molecule has 0 bridgehead atoms. The summed E-state index contributed by atoms with van der Waals surface area (Å²) in [5, 5.41) is 18.9. The smallest absolute Gasteiger partial charge is 0.339 e. The molecule has 0 aliphatic carbocycles. The molecule has 0 unspecified atom stereocenters. The maximum absolute atomic E-state index is 12.0. The van der Waals surface area contributed by atoms with E-state index in [1.165, 1.54) is 19.2 Å². The third-order valence-electron chi connectivity index (χ3n) is 2.62. The van der Waals surface area contributed by atoms with Crippen LogP contribution < -0.4 is 5.32 Å². The number of methoxy groups -OCH3 is 1. The monoisotopic (exact) mass is 290 g/mol. The highest BCUT2D eigenvalue weighted by atomic mass is 16.6. The molecule has 0 atom stereocenters. The lowest BCUT2D eigenvalue weighted by atomic mass is 10.1. The number of hydrogen-bond donors (Lipinski definition) is 2. The molecule has 0 fully saturated rings. The molecule has 21 heavy (non-hydrogen) atoms. The number of nitrogens with one attached hydrogen (secondary N) is 2. The number of benzene rings is 1. The first kappa shape index (κ1) is 14.2. The van der Waals surface area contributed by atoms with E-state index < -0.39 is 22.5 Å². The Morgan fingerprint density at radius 2 is 2.10 bits per heavy atom. The van der Waals surface area contributed by atoms with Gasteiger partial charge >= 0.3 is 11.7 Å². The standard InChI is InChI=1S/C12H10N4O5/c1-21-12(18)7-4-2-3-5-8(7)14-11(17)10-9(16(19)20)6-13-15-10/h2-6H,1H3,(H,13,15)(H,14,17). The largest absolute Gasteiger partial charge is 0.465 e. The average molecular weight is 290 g/mol. The van der Waals surface area contributed by atoms with Crippen molar-refractivity contribution in [3.05, 3.63) is 51.8 Å². The molecule has 2 aromatic rings. The number of amides is 1. The van der Waals surface area contributed by atoms with E-state index in [1.807, 2.05) is 0 Å². The quantitative estimate of drug-likeness (QED) is 0.497. The normalized spacial score (nSPS) is 9.95. The number of hydrogen-bond acceptors (Lipinski definition) is 6. The lowest BCUT2D eigenvalue weighted by Crippen LogP contribution is -2.16. The summed E-state index contributed by atoms with van der Waals surface area (Å²) in [4.78, 5) is 33.6. The van der Waals surface area contributed by atoms with Crippen LogP contribution in [0, 0.1) is 10.1 Å². The number of ether oxygens (including phenoxy) is 1. The minimum absolute atomic E-state index is 0.135. The van der Waals surface area contributed by atoms with Crippen molar-refractivity contribution in [3.8, 4) is 0 Å². The summed E-state index contributed by atoms with van der Waals surface area (Å²) < 4.78 is 4.59. The van der Waals surface area contributed by atoms with Crippen molar-refractivity contribution < 1.29 is 19.2 Å². The van der Waals surface area contributed by atoms with Gasteiger partial charge in [-0.1, -0.05) is 12.1 Å². The summed E-state index contributed by atoms with van der Waals surface area (Å²) in [5.41, 5.74) is -0.448. The third kappa shape index (κ3) is 2.86. The summed E-state index contributed by atoms with van der Waals surface area (Å²) >= 11 is 0. The van der Waals surface area contributed by atoms with E-state index in [-0.39, 0.29) is 16.9 Å². The molecular formula is C12H10N4O5. The van der Waals surface area contributed by atoms with Gasteiger partial charge in [-0.25, -0.2) is 4.79 Å². The maximum Gasteiger partial charge on any atom is 0.339 e. The predicted molar refractivity (Wildman–Crippen MR) is 71.0 cm³/mol. The van der Waals surface area contributed by atoms with Crippen LogP contribution in [0.1, 0.15) is 20.8 Å². The van der Waals surface area contributed by atoms with E-state index in [2.05, 4.69) is 20.3 Å². The number of aromatic amines is 1. The molecule has 9 nitrogen and oxygen atoms in total. The fraction of sp³-hybridized carbons (Fsp3) is 0.0833. The van der Waals surface area contributed by atoms with Crippen LogP contribution in [-0.4, -0.2) is 34.1 Å². The molecular weight excluding hydrogens is 280 g/mol. The van der Waals surface area contributed by atoms with Gasteiger partial charge in [0, 0.05) is 0 Å². The zero-order chi connectivity index (χ0) is 15.4. The van der Waals surface area contributed by atoms with Gasteiger partial charge in [0.05, 0.1) is 23.3 Å². The first-order chi connectivity index (χ1) is 10.0. The molecule has 108 valence electrons. The topological polar surface area (TPSA) is 127 Å². The first-order valence-electron chi connectivity index (χ1n) is 5.71. The molecule has 0 spiro atoms. The van der Waals surface area contributed by atoms with E-state index in [1.54, 1.807) is 12.1 Å². The summed E-state index contributed by atoms with van der Waals surface area (Å²) in [5.74, 6) is -1.42. The molecule has 2 N–H and O–H groups in total. The Hall–Kier alpha value is -3.23. The van der Waals surface area contributed by atoms with E-state index in [0.717, 1.165) is 6.20 Å². The zero-order valence-corrected chi connectivity index (χ0v) is 10.8. The van der Waals surface area contributed by atoms with Crippen molar-refractivity contribution in [1.82, 2.24) is 10.2 Å². The second kappa shape index (κ2) is 5.82. The molecule has 0 radical (unpaired) electrons. The maximum atomic E-state index is 12.0. The number of esters is 1. The Balaban J connectivity index is 2.30. The highest BCUT2D eigenvalue weighted by Gasteiger charge is 2.24. The number of rotatable bonds is 4. The van der Waals surface area contributed by atoms with Crippen molar-refractivity contribution in [2.75, 3.05) is 12.4 Å². The number of nitro groups is 1. The Bertz CT molecular complexity index is 709. The molecule has 1 aromatic heterocycles. The molecule has 0 aliphatic rings. The molecule has 1 aromatic carbocycles. The van der Waals surface area contributed by atoms with Gasteiger partial charge in [-0.2, -0.15) is 5.10 Å². The Morgan fingerprint density at radius 1 is 1.38 bits per heavy atom. The van der Waals surface area contributed by atoms with Crippen molar-refractivity contribution >= 4 is 23.3 Å². The summed E-state index contributed by atoms with van der Waals surface area (Å²) in [6.45, 7) is 0. The highest BCUT2D eigenvalue weighted by molar-refractivity contribution is 6.08. The van der Waals surface area contributed by atoms with Gasteiger partial charge in [0.2, 0.25) is 5.69 Å². The molecule has 0 aliphatic heterocycles. The lowest BCUT2D eigenvalue weighted by Gasteiger charge is -2.08. The Morgan fingerprint density at radius 3 is 2.76 bits per heavy atom. The van der Waals surface area contributed by atoms with Gasteiger partial charge in [-0.05, 0) is 12.1 Å². The third-order valence-corrected chi connectivity index (χ3v) is 2.62. The molecule has 0 saturated heterocycles. The van der Waals surface area contributed by atoms with Crippen LogP contribution in [0.15, 0.2) is 30.5 Å². The van der Waals surface area contributed by atoms with E-state index in [9.17, 15) is 19.7 Å². The molecule has 1 heterocycles. The number of nitrogens with zero attached hydrogens (tertiary/aromatic N) is 2. The van der Waals surface area contributed by atoms with Crippen molar-refractivity contribution in [3.63, 3.8) is 0 Å². The van der Waals surface area contributed by atoms with Crippen LogP contribution in [0.4, 0.5) is 11.4 Å². The summed E-state index contributed by atoms with van der Waals surface area (Å²) in [7, 11) is 1.21. The first-order valence-corrected chi connectivity index (χ1v) is 5.71. The van der Waals surface area contributed by atoms with Gasteiger partial charge in [-0.3, -0.25) is 20.0 Å². The number of aromatic nitrogens is 2.